The molecule has 0 N–H and O–H groups in total. The zero-order chi connectivity index (χ0) is 21.5. The summed E-state index contributed by atoms with van der Waals surface area (Å²) in [6, 6.07) is 21.0. The van der Waals surface area contributed by atoms with Gasteiger partial charge in [0.25, 0.3) is 0 Å². The second-order valence-electron chi connectivity index (χ2n) is 6.17. The van der Waals surface area contributed by atoms with Crippen molar-refractivity contribution >= 4 is 58.5 Å². The second kappa shape index (κ2) is 10.1. The van der Waals surface area contributed by atoms with E-state index in [1.54, 1.807) is 72.8 Å². The molecule has 3 aromatic carbocycles. The van der Waals surface area contributed by atoms with Crippen LogP contribution in [0.5, 0.6) is 5.75 Å². The van der Waals surface area contributed by atoms with Crippen molar-refractivity contribution in [1.29, 1.82) is 5.26 Å². The lowest BCUT2D eigenvalue weighted by molar-refractivity contribution is -0.128. The normalized spacial score (nSPS) is 11.3. The maximum absolute atomic E-state index is 12.1. The van der Waals surface area contributed by atoms with E-state index in [1.165, 1.54) is 6.08 Å². The largest absolute Gasteiger partial charge is 0.423 e. The van der Waals surface area contributed by atoms with Crippen LogP contribution in [0.2, 0.25) is 15.1 Å². The van der Waals surface area contributed by atoms with Crippen LogP contribution in [0.4, 0.5) is 0 Å². The Balaban J connectivity index is 1.74. The van der Waals surface area contributed by atoms with E-state index in [0.29, 0.717) is 32.0 Å². The molecule has 0 spiro atoms. The second-order valence-corrected chi connectivity index (χ2v) is 7.45. The van der Waals surface area contributed by atoms with Crippen molar-refractivity contribution in [2.45, 2.75) is 0 Å². The Morgan fingerprint density at radius 1 is 0.933 bits per heavy atom. The minimum Gasteiger partial charge on any atom is -0.423 e. The fraction of sp³-hybridized carbons (Fsp3) is 0. The maximum Gasteiger partial charge on any atom is 0.336 e. The molecule has 0 aliphatic heterocycles. The molecule has 0 bridgehead atoms. The molecule has 6 heteroatoms. The Morgan fingerprint density at radius 3 is 2.37 bits per heavy atom. The van der Waals surface area contributed by atoms with Crippen molar-refractivity contribution in [3.63, 3.8) is 0 Å². The highest BCUT2D eigenvalue weighted by molar-refractivity contribution is 6.35. The predicted octanol–water partition coefficient (Wildman–Crippen LogP) is 7.33. The van der Waals surface area contributed by atoms with E-state index < -0.39 is 5.97 Å². The van der Waals surface area contributed by atoms with Gasteiger partial charge in [-0.25, -0.2) is 4.79 Å². The molecule has 30 heavy (non-hydrogen) atoms. The third-order valence-electron chi connectivity index (χ3n) is 4.02. The topological polar surface area (TPSA) is 50.1 Å². The standard InChI is InChI=1S/C24H14Cl3NO2/c25-20-8-4-17(5-9-20)19(15-28)12-16-2-1-3-22(13-16)30-24(29)11-7-18-6-10-21(26)14-23(18)27/h1-14H/b11-7+,19-12-. The lowest BCUT2D eigenvalue weighted by atomic mass is 10.0. The van der Waals surface area contributed by atoms with E-state index in [1.807, 2.05) is 6.07 Å². The van der Waals surface area contributed by atoms with Crippen molar-refractivity contribution in [2.75, 3.05) is 0 Å². The van der Waals surface area contributed by atoms with Gasteiger partial charge in [0, 0.05) is 21.1 Å². The average Bonchev–Trinajstić information content (AvgIpc) is 2.72. The van der Waals surface area contributed by atoms with Crippen LogP contribution in [0.25, 0.3) is 17.7 Å². The smallest absolute Gasteiger partial charge is 0.336 e. The number of nitrogens with zero attached hydrogens (tertiary/aromatic N) is 1. The van der Waals surface area contributed by atoms with Gasteiger partial charge in [-0.2, -0.15) is 5.26 Å². The molecule has 0 amide bonds. The molecule has 0 atom stereocenters. The van der Waals surface area contributed by atoms with Crippen LogP contribution in [0.1, 0.15) is 16.7 Å². The number of carbonyl (C=O) groups is 1. The lowest BCUT2D eigenvalue weighted by Gasteiger charge is -2.04. The quantitative estimate of drug-likeness (QED) is 0.133. The molecule has 0 heterocycles. The van der Waals surface area contributed by atoms with Gasteiger partial charge in [0.2, 0.25) is 0 Å². The summed E-state index contributed by atoms with van der Waals surface area (Å²) in [6.45, 7) is 0. The predicted molar refractivity (Wildman–Crippen MR) is 123 cm³/mol. The third-order valence-corrected chi connectivity index (χ3v) is 4.84. The molecule has 0 radical (unpaired) electrons. The van der Waals surface area contributed by atoms with Gasteiger partial charge < -0.3 is 4.74 Å². The Labute approximate surface area is 189 Å². The molecule has 3 nitrogen and oxygen atoms in total. The summed E-state index contributed by atoms with van der Waals surface area (Å²) in [6.07, 6.45) is 4.55. The van der Waals surface area contributed by atoms with Crippen molar-refractivity contribution in [3.8, 4) is 11.8 Å². The van der Waals surface area contributed by atoms with E-state index in [9.17, 15) is 10.1 Å². The minimum absolute atomic E-state index is 0.356. The summed E-state index contributed by atoms with van der Waals surface area (Å²) in [7, 11) is 0. The minimum atomic E-state index is -0.555. The number of hydrogen-bond donors (Lipinski definition) is 0. The molecular formula is C24H14Cl3NO2. The number of halogens is 3. The number of esters is 1. The number of hydrogen-bond acceptors (Lipinski definition) is 3. The van der Waals surface area contributed by atoms with Crippen molar-refractivity contribution in [1.82, 2.24) is 0 Å². The summed E-state index contributed by atoms with van der Waals surface area (Å²) in [4.78, 5) is 12.1. The van der Waals surface area contributed by atoms with Gasteiger partial charge in [-0.3, -0.25) is 0 Å². The Morgan fingerprint density at radius 2 is 1.67 bits per heavy atom. The Bertz CT molecular complexity index is 1180. The van der Waals surface area contributed by atoms with Gasteiger partial charge in [-0.1, -0.05) is 65.1 Å². The van der Waals surface area contributed by atoms with E-state index in [2.05, 4.69) is 6.07 Å². The highest BCUT2D eigenvalue weighted by Gasteiger charge is 2.05. The molecule has 3 rings (SSSR count). The first-order valence-electron chi connectivity index (χ1n) is 8.77. The van der Waals surface area contributed by atoms with Crippen LogP contribution in [0.15, 0.2) is 72.8 Å². The average molecular weight is 455 g/mol. The molecule has 0 aromatic heterocycles. The van der Waals surface area contributed by atoms with Crippen molar-refractivity contribution in [3.05, 3.63) is 105 Å². The van der Waals surface area contributed by atoms with Crippen molar-refractivity contribution in [2.24, 2.45) is 0 Å². The van der Waals surface area contributed by atoms with Gasteiger partial charge in [0.15, 0.2) is 0 Å². The Kier molecular flexibility index (Phi) is 7.32. The van der Waals surface area contributed by atoms with Gasteiger partial charge in [0.1, 0.15) is 5.75 Å². The number of benzene rings is 3. The van der Waals surface area contributed by atoms with Gasteiger partial charge in [0.05, 0.1) is 11.6 Å². The first kappa shape index (κ1) is 21.7. The molecule has 0 saturated heterocycles. The molecule has 0 aliphatic rings. The summed E-state index contributed by atoms with van der Waals surface area (Å²) >= 11 is 17.9. The van der Waals surface area contributed by atoms with Crippen LogP contribution in [-0.2, 0) is 4.79 Å². The Hall–Kier alpha value is -3.03. The number of allylic oxidation sites excluding steroid dienone is 1. The maximum atomic E-state index is 12.1. The fourth-order valence-corrected chi connectivity index (χ4v) is 3.19. The first-order chi connectivity index (χ1) is 14.4. The SMILES string of the molecule is N#C/C(=C/c1cccc(OC(=O)/C=C/c2ccc(Cl)cc2Cl)c1)c1ccc(Cl)cc1. The molecule has 0 aliphatic carbocycles. The number of nitriles is 1. The van der Waals surface area contributed by atoms with Crippen LogP contribution >= 0.6 is 34.8 Å². The van der Waals surface area contributed by atoms with Gasteiger partial charge in [-0.15, -0.1) is 0 Å². The van der Waals surface area contributed by atoms with E-state index in [-0.39, 0.29) is 0 Å². The first-order valence-corrected chi connectivity index (χ1v) is 9.91. The van der Waals surface area contributed by atoms with Crippen LogP contribution in [-0.4, -0.2) is 5.97 Å². The van der Waals surface area contributed by atoms with Crippen LogP contribution in [0.3, 0.4) is 0 Å². The van der Waals surface area contributed by atoms with E-state index in [0.717, 1.165) is 11.1 Å². The van der Waals surface area contributed by atoms with Crippen LogP contribution < -0.4 is 4.74 Å². The fourth-order valence-electron chi connectivity index (χ4n) is 2.59. The number of ether oxygens (including phenoxy) is 1. The monoisotopic (exact) mass is 453 g/mol. The lowest BCUT2D eigenvalue weighted by Crippen LogP contribution is -2.03. The van der Waals surface area contributed by atoms with Gasteiger partial charge >= 0.3 is 5.97 Å². The highest BCUT2D eigenvalue weighted by atomic mass is 35.5. The zero-order valence-corrected chi connectivity index (χ0v) is 17.7. The van der Waals surface area contributed by atoms with E-state index in [4.69, 9.17) is 39.5 Å². The van der Waals surface area contributed by atoms with Gasteiger partial charge in [-0.05, 0) is 65.2 Å². The molecule has 0 saturated carbocycles. The third kappa shape index (κ3) is 5.98. The highest BCUT2D eigenvalue weighted by Crippen LogP contribution is 2.23. The molecule has 0 fully saturated rings. The summed E-state index contributed by atoms with van der Waals surface area (Å²) < 4.78 is 5.35. The van der Waals surface area contributed by atoms with E-state index >= 15 is 0 Å². The number of rotatable bonds is 5. The van der Waals surface area contributed by atoms with Crippen LogP contribution in [0, 0.1) is 11.3 Å². The summed E-state index contributed by atoms with van der Waals surface area (Å²) in [5, 5.41) is 11.0. The van der Waals surface area contributed by atoms with Crippen molar-refractivity contribution < 1.29 is 9.53 Å². The zero-order valence-electron chi connectivity index (χ0n) is 15.5. The molecule has 148 valence electrons. The molecular weight excluding hydrogens is 441 g/mol. The summed E-state index contributed by atoms with van der Waals surface area (Å²) in [5.41, 5.74) is 2.58. The molecule has 3 aromatic rings. The number of carbonyl (C=O) groups excluding carboxylic acids is 1. The molecule has 0 unspecified atom stereocenters. The summed E-state index contributed by atoms with van der Waals surface area (Å²) in [5.74, 6) is -0.200.